The van der Waals surface area contributed by atoms with Crippen molar-refractivity contribution in [3.05, 3.63) is 0 Å². The zero-order chi connectivity index (χ0) is 89.8. The van der Waals surface area contributed by atoms with Gasteiger partial charge in [0.2, 0.25) is 23.6 Å². The molecule has 0 aromatic rings. The van der Waals surface area contributed by atoms with Crippen molar-refractivity contribution >= 4 is 72.4 Å². The van der Waals surface area contributed by atoms with Gasteiger partial charge in [0.25, 0.3) is 0 Å². The molecule has 0 aromatic heterocycles. The van der Waals surface area contributed by atoms with E-state index < -0.39 is 285 Å². The van der Waals surface area contributed by atoms with Gasteiger partial charge in [-0.3, -0.25) is 40.4 Å². The smallest absolute Gasteiger partial charge is 0.409 e. The quantitative estimate of drug-likeness (QED) is 0.00931. The highest BCUT2D eigenvalue weighted by atomic mass is 19.3. The highest BCUT2D eigenvalue weighted by molar-refractivity contribution is 5.78. The van der Waals surface area contributed by atoms with Crippen LogP contribution in [-0.4, -0.2) is 333 Å². The third kappa shape index (κ3) is 68.0. The van der Waals surface area contributed by atoms with Crippen molar-refractivity contribution in [1.82, 2.24) is 63.8 Å². The van der Waals surface area contributed by atoms with E-state index in [9.17, 15) is 93.7 Å². The molecule has 0 heterocycles. The van der Waals surface area contributed by atoms with E-state index in [1.807, 2.05) is 21.3 Å². The zero-order valence-corrected chi connectivity index (χ0v) is 65.9. The number of ether oxygens (including phenoxy) is 16. The van der Waals surface area contributed by atoms with Crippen LogP contribution in [0.1, 0.15) is 53.4 Å². The Morgan fingerprint density at radius 3 is 0.612 bits per heavy atom. The van der Waals surface area contributed by atoms with Crippen LogP contribution in [0.3, 0.4) is 0 Å². The molecule has 704 valence electrons. The summed E-state index contributed by atoms with van der Waals surface area (Å²) in [5, 5.41) is 39.3. The molecule has 52 nitrogen and oxygen atoms in total. The summed E-state index contributed by atoms with van der Waals surface area (Å²) in [6, 6.07) is -5.41. The molecular formula is C61H104F8N12O40. The van der Waals surface area contributed by atoms with Gasteiger partial charge in [-0.15, -0.1) is 0 Å². The Bertz CT molecular complexity index is 2500. The largest absolute Gasteiger partial charge is 0.447 e. The van der Waals surface area contributed by atoms with E-state index in [1.165, 1.54) is 0 Å². The Morgan fingerprint density at radius 2 is 0.430 bits per heavy atom. The summed E-state index contributed by atoms with van der Waals surface area (Å²) in [5.74, 6) is -3.52. The molecule has 0 aliphatic carbocycles. The number of amides is 12. The molecule has 0 bridgehead atoms. The maximum Gasteiger partial charge on any atom is 0.409 e. The highest BCUT2D eigenvalue weighted by Gasteiger charge is 2.34. The summed E-state index contributed by atoms with van der Waals surface area (Å²) >= 11 is 0. The molecule has 0 rings (SSSR count). The van der Waals surface area contributed by atoms with Crippen molar-refractivity contribution < 1.29 is 229 Å². The molecule has 121 heavy (non-hydrogen) atoms. The first-order chi connectivity index (χ1) is 58.3. The summed E-state index contributed by atoms with van der Waals surface area (Å²) in [5.41, 5.74) is -1.72. The fourth-order valence-electron chi connectivity index (χ4n) is 8.22. The predicted octanol–water partition coefficient (Wildman–Crippen LogP) is -0.266. The lowest BCUT2D eigenvalue weighted by molar-refractivity contribution is -0.449. The molecule has 0 aliphatic heterocycles. The van der Waals surface area contributed by atoms with E-state index in [0.717, 1.165) is 27.7 Å². The maximum atomic E-state index is 13.7. The summed E-state index contributed by atoms with van der Waals surface area (Å²) < 4.78 is 183. The van der Waals surface area contributed by atoms with Crippen LogP contribution in [0.5, 0.6) is 0 Å². The molecule has 12 amide bonds. The van der Waals surface area contributed by atoms with Crippen LogP contribution in [0.4, 0.5) is 74.6 Å². The molecular weight excluding hydrogens is 1690 g/mol. The number of carbonyl (C=O) groups is 12. The van der Waals surface area contributed by atoms with Crippen molar-refractivity contribution in [1.29, 1.82) is 0 Å². The highest BCUT2D eigenvalue weighted by Crippen LogP contribution is 2.22. The van der Waals surface area contributed by atoms with Crippen LogP contribution in [0.25, 0.3) is 0 Å². The fourth-order valence-corrected chi connectivity index (χ4v) is 8.22. The molecule has 0 saturated heterocycles. The van der Waals surface area contributed by atoms with Gasteiger partial charge in [0.05, 0.1) is 135 Å². The van der Waals surface area contributed by atoms with Gasteiger partial charge in [0.15, 0.2) is 24.9 Å². The normalized spacial score (nSPS) is 12.7. The Hall–Kier alpha value is -9.32. The lowest BCUT2D eigenvalue weighted by Crippen LogP contribution is -2.46. The van der Waals surface area contributed by atoms with Crippen LogP contribution >= 0.6 is 0 Å². The molecule has 0 aliphatic rings. The van der Waals surface area contributed by atoms with Gasteiger partial charge in [0.1, 0.15) is 79.3 Å². The van der Waals surface area contributed by atoms with Crippen molar-refractivity contribution in [3.63, 3.8) is 0 Å². The van der Waals surface area contributed by atoms with Crippen LogP contribution in [0, 0.1) is 5.41 Å². The first kappa shape index (κ1) is 112. The lowest BCUT2D eigenvalue weighted by Gasteiger charge is -2.33. The second-order valence-corrected chi connectivity index (χ2v) is 23.7. The van der Waals surface area contributed by atoms with Gasteiger partial charge in [-0.2, -0.15) is 39.3 Å². The number of hydrogen-bond donors (Lipinski definition) is 12. The molecule has 0 fully saturated rings. The monoisotopic (exact) mass is 1800 g/mol. The third-order valence-electron chi connectivity index (χ3n) is 13.6. The van der Waals surface area contributed by atoms with Gasteiger partial charge in [0, 0.05) is 51.9 Å². The second kappa shape index (κ2) is 75.6. The van der Waals surface area contributed by atoms with E-state index in [0.29, 0.717) is 0 Å². The molecule has 12 N–H and O–H groups in total. The topological polar surface area (TPSA) is 608 Å². The number of alkyl carbamates (subject to hydrolysis) is 8. The number of carbonyl (C=O) groups excluding carboxylic acids is 12. The first-order valence-corrected chi connectivity index (χ1v) is 36.1. The molecule has 60 heteroatoms. The minimum absolute atomic E-state index is 0.116. The minimum atomic E-state index is -1.72. The van der Waals surface area contributed by atoms with Crippen LogP contribution < -0.4 is 63.8 Å². The second-order valence-electron chi connectivity index (χ2n) is 23.7. The van der Waals surface area contributed by atoms with E-state index >= 15 is 0 Å². The average molecular weight is 1800 g/mol. The van der Waals surface area contributed by atoms with Crippen molar-refractivity contribution in [2.75, 3.05) is 211 Å². The van der Waals surface area contributed by atoms with Crippen LogP contribution in [0.15, 0.2) is 0 Å². The van der Waals surface area contributed by atoms with Crippen molar-refractivity contribution in [2.24, 2.45) is 5.41 Å². The van der Waals surface area contributed by atoms with Gasteiger partial charge >= 0.3 is 48.7 Å². The van der Waals surface area contributed by atoms with E-state index in [4.69, 9.17) is 75.8 Å². The molecule has 4 unspecified atom stereocenters. The van der Waals surface area contributed by atoms with Gasteiger partial charge in [-0.05, 0) is 84.3 Å². The van der Waals surface area contributed by atoms with Crippen LogP contribution in [-0.2, 0) is 155 Å². The number of rotatable bonds is 76. The maximum absolute atomic E-state index is 13.7. The third-order valence-corrected chi connectivity index (χ3v) is 13.6. The number of nitrogens with one attached hydrogen (secondary N) is 12. The summed E-state index contributed by atoms with van der Waals surface area (Å²) in [4.78, 5) is 185. The van der Waals surface area contributed by atoms with E-state index in [1.54, 1.807) is 0 Å². The Morgan fingerprint density at radius 1 is 0.240 bits per heavy atom. The SMILES string of the molecule is CC(NC(=O)OCC(COC(=O)NC(C)OOF)NC(=O)CCOCC(COCCC(=O)NC(COC(=O)NCCOCCOF)COC(=O)NCCOCCOF)(COCCC(=O)NC(COC(=O)NCCOCCOF)COC(=O)NCCOCCOF)COCCC(=O)NC(COC(=O)NC(C)OOF)COC(=O)NC(C)OOF)OOF. The Kier molecular flexibility index (Phi) is 69.8. The fraction of sp³-hybridized carbons (Fsp3) is 0.803. The Balaban J connectivity index is 7.60. The van der Waals surface area contributed by atoms with Gasteiger partial charge < -0.3 is 118 Å². The molecule has 4 atom stereocenters. The minimum Gasteiger partial charge on any atom is -0.447 e. The Labute approximate surface area is 683 Å². The molecule has 0 spiro atoms. The average Bonchev–Trinajstić information content (AvgIpc) is 0.862. The van der Waals surface area contributed by atoms with Gasteiger partial charge in [-0.25, -0.2) is 38.4 Å². The van der Waals surface area contributed by atoms with Crippen molar-refractivity contribution in [2.45, 2.75) is 102 Å². The molecule has 0 radical (unpaired) electrons. The zero-order valence-electron chi connectivity index (χ0n) is 65.9. The molecule has 0 saturated carbocycles. The first-order valence-electron chi connectivity index (χ1n) is 36.1. The lowest BCUT2D eigenvalue weighted by atomic mass is 9.92. The van der Waals surface area contributed by atoms with Gasteiger partial charge in [-0.1, -0.05) is 0 Å². The number of hydrogen-bond acceptors (Lipinski definition) is 40. The van der Waals surface area contributed by atoms with Crippen molar-refractivity contribution in [3.8, 4) is 0 Å². The molecule has 0 aromatic carbocycles. The predicted molar refractivity (Wildman–Crippen MR) is 370 cm³/mol. The van der Waals surface area contributed by atoms with E-state index in [2.05, 4.69) is 102 Å². The van der Waals surface area contributed by atoms with Crippen LogP contribution in [0.2, 0.25) is 0 Å². The summed E-state index contributed by atoms with van der Waals surface area (Å²) in [6.07, 6.45) is -17.4. The number of halogens is 8. The summed E-state index contributed by atoms with van der Waals surface area (Å²) in [7, 11) is 0. The summed E-state index contributed by atoms with van der Waals surface area (Å²) in [6.45, 7) is -9.20. The standard InChI is InChI=1S/C61H104F8N12O40/c1-41(114-118-66)74-57(90)106-33-47(34-107-58(91)75-42(2)115-119-67)80-51(84)7-15-100-39-61(40-101-16-8-52(85)81-48(35-108-59(92)76-43(3)116-120-68)36-109-60(93)77-44(4)117-121-69,37-98-13-5-49(82)78-45(29-102-53(86)70-9-17-94-21-25-110-62)30-103-54(87)71-10-18-95-22-26-111-63)38-99-14-6-50(83)79-46(31-104-55(88)72-11-19-96-23-27-112-64)32-105-56(89)73-12-20-97-24-28-113-65/h41-48H,5-40H2,1-4H3,(H,70,86)(H,71,87)(H,72,88)(H,73,89)(H,74,90)(H,75,91)(H,76,92)(H,77,93)(H,78,82)(H,79,83)(H,80,84)(H,81,85). The van der Waals surface area contributed by atoms with E-state index in [-0.39, 0.29) is 79.0 Å².